The Hall–Kier alpha value is -2.11. The van der Waals surface area contributed by atoms with Gasteiger partial charge in [-0.3, -0.25) is 0 Å². The number of hydrogen-bond acceptors (Lipinski definition) is 5. The highest BCUT2D eigenvalue weighted by Crippen LogP contribution is 2.32. The molecule has 0 aliphatic carbocycles. The van der Waals surface area contributed by atoms with Crippen LogP contribution in [0.4, 0.5) is 5.13 Å². The Morgan fingerprint density at radius 3 is 2.60 bits per heavy atom. The third-order valence-electron chi connectivity index (χ3n) is 5.01. The Labute approximate surface area is 152 Å². The zero-order valence-corrected chi connectivity index (χ0v) is 15.5. The van der Waals surface area contributed by atoms with Gasteiger partial charge in [0, 0.05) is 29.6 Å². The van der Waals surface area contributed by atoms with Crippen molar-refractivity contribution in [1.82, 2.24) is 4.98 Å². The summed E-state index contributed by atoms with van der Waals surface area (Å²) >= 11 is 1.72. The van der Waals surface area contributed by atoms with E-state index in [-0.39, 0.29) is 5.54 Å². The standard InChI is InChI=1S/C20H23N3OS/c1-20(21)7-9-23(10-8-20)19-22-18(13-25-19)16-4-3-15-12-17(24-2)6-5-14(15)11-16/h3-6,11-13H,7-10,21H2,1-2H3. The summed E-state index contributed by atoms with van der Waals surface area (Å²) in [5, 5.41) is 5.62. The third-order valence-corrected chi connectivity index (χ3v) is 5.91. The van der Waals surface area contributed by atoms with Crippen molar-refractivity contribution in [3.8, 4) is 17.0 Å². The molecule has 1 aliphatic heterocycles. The Bertz CT molecular complexity index is 893. The lowest BCUT2D eigenvalue weighted by Crippen LogP contribution is -2.48. The third kappa shape index (κ3) is 3.34. The normalized spacial score (nSPS) is 17.0. The number of aromatic nitrogens is 1. The molecule has 1 aromatic heterocycles. The van der Waals surface area contributed by atoms with Crippen molar-refractivity contribution < 1.29 is 4.74 Å². The molecule has 2 aromatic carbocycles. The lowest BCUT2D eigenvalue weighted by Gasteiger charge is -2.36. The first-order valence-corrected chi connectivity index (χ1v) is 9.50. The van der Waals surface area contributed by atoms with E-state index in [2.05, 4.69) is 47.5 Å². The molecule has 0 spiro atoms. The average Bonchev–Trinajstić information content (AvgIpc) is 3.11. The number of nitrogens with zero attached hydrogens (tertiary/aromatic N) is 2. The molecule has 0 unspecified atom stereocenters. The van der Waals surface area contributed by atoms with Gasteiger partial charge in [-0.15, -0.1) is 11.3 Å². The predicted molar refractivity (Wildman–Crippen MR) is 106 cm³/mol. The number of fused-ring (bicyclic) bond motifs is 1. The molecule has 1 saturated heterocycles. The predicted octanol–water partition coefficient (Wildman–Crippen LogP) is 4.29. The maximum absolute atomic E-state index is 6.24. The fourth-order valence-electron chi connectivity index (χ4n) is 3.26. The molecule has 1 aliphatic rings. The van der Waals surface area contributed by atoms with Gasteiger partial charge in [-0.1, -0.05) is 18.2 Å². The molecule has 0 amide bonds. The topological polar surface area (TPSA) is 51.4 Å². The van der Waals surface area contributed by atoms with Gasteiger partial charge in [0.15, 0.2) is 5.13 Å². The minimum absolute atomic E-state index is 0.0318. The van der Waals surface area contributed by atoms with Crippen molar-refractivity contribution in [3.05, 3.63) is 41.8 Å². The van der Waals surface area contributed by atoms with Crippen LogP contribution in [0.1, 0.15) is 19.8 Å². The fourth-order valence-corrected chi connectivity index (χ4v) is 4.15. The van der Waals surface area contributed by atoms with E-state index in [1.165, 1.54) is 10.8 Å². The number of nitrogens with two attached hydrogens (primary N) is 1. The van der Waals surface area contributed by atoms with Crippen molar-refractivity contribution in [3.63, 3.8) is 0 Å². The molecule has 0 bridgehead atoms. The fraction of sp³-hybridized carbons (Fsp3) is 0.350. The quantitative estimate of drug-likeness (QED) is 0.763. The van der Waals surface area contributed by atoms with Gasteiger partial charge in [0.05, 0.1) is 12.8 Å². The van der Waals surface area contributed by atoms with Crippen LogP contribution < -0.4 is 15.4 Å². The molecule has 2 N–H and O–H groups in total. The summed E-state index contributed by atoms with van der Waals surface area (Å²) in [7, 11) is 1.69. The zero-order chi connectivity index (χ0) is 17.4. The van der Waals surface area contributed by atoms with Crippen molar-refractivity contribution in [2.45, 2.75) is 25.3 Å². The molecule has 130 valence electrons. The van der Waals surface area contributed by atoms with Crippen molar-refractivity contribution in [2.75, 3.05) is 25.1 Å². The van der Waals surface area contributed by atoms with Crippen molar-refractivity contribution in [1.29, 1.82) is 0 Å². The Kier molecular flexibility index (Phi) is 4.13. The first-order chi connectivity index (χ1) is 12.0. The molecule has 4 rings (SSSR count). The molecule has 0 radical (unpaired) electrons. The van der Waals surface area contributed by atoms with Gasteiger partial charge in [0.2, 0.25) is 0 Å². The first kappa shape index (κ1) is 16.4. The van der Waals surface area contributed by atoms with Crippen molar-refractivity contribution >= 4 is 27.2 Å². The van der Waals surface area contributed by atoms with Crippen LogP contribution in [0, 0.1) is 0 Å². The van der Waals surface area contributed by atoms with Gasteiger partial charge in [0.1, 0.15) is 5.75 Å². The second-order valence-electron chi connectivity index (χ2n) is 7.08. The summed E-state index contributed by atoms with van der Waals surface area (Å²) in [4.78, 5) is 7.23. The molecule has 2 heterocycles. The number of methoxy groups -OCH3 is 1. The first-order valence-electron chi connectivity index (χ1n) is 8.62. The number of benzene rings is 2. The van der Waals surface area contributed by atoms with Gasteiger partial charge >= 0.3 is 0 Å². The van der Waals surface area contributed by atoms with Gasteiger partial charge in [-0.25, -0.2) is 4.98 Å². The van der Waals surface area contributed by atoms with Crippen LogP contribution in [0.25, 0.3) is 22.0 Å². The van der Waals surface area contributed by atoms with E-state index in [0.29, 0.717) is 0 Å². The number of piperidine rings is 1. The largest absolute Gasteiger partial charge is 0.497 e. The summed E-state index contributed by atoms with van der Waals surface area (Å²) in [6.45, 7) is 4.11. The van der Waals surface area contributed by atoms with E-state index in [1.807, 2.05) is 6.07 Å². The van der Waals surface area contributed by atoms with Gasteiger partial charge < -0.3 is 15.4 Å². The summed E-state index contributed by atoms with van der Waals surface area (Å²) in [5.74, 6) is 0.883. The summed E-state index contributed by atoms with van der Waals surface area (Å²) in [6, 6.07) is 12.6. The number of ether oxygens (including phenoxy) is 1. The van der Waals surface area contributed by atoms with E-state index in [0.717, 1.165) is 48.1 Å². The highest BCUT2D eigenvalue weighted by molar-refractivity contribution is 7.14. The van der Waals surface area contributed by atoms with Gasteiger partial charge in [-0.2, -0.15) is 0 Å². The van der Waals surface area contributed by atoms with Crippen LogP contribution in [-0.2, 0) is 0 Å². The number of rotatable bonds is 3. The summed E-state index contributed by atoms with van der Waals surface area (Å²) in [5.41, 5.74) is 8.40. The minimum Gasteiger partial charge on any atom is -0.497 e. The summed E-state index contributed by atoms with van der Waals surface area (Å²) in [6.07, 6.45) is 2.03. The highest BCUT2D eigenvalue weighted by atomic mass is 32.1. The molecular formula is C20H23N3OS. The SMILES string of the molecule is COc1ccc2cc(-c3csc(N4CCC(C)(N)CC4)n3)ccc2c1. The molecule has 0 atom stereocenters. The van der Waals surface area contributed by atoms with E-state index < -0.39 is 0 Å². The Morgan fingerprint density at radius 1 is 1.12 bits per heavy atom. The second kappa shape index (κ2) is 6.32. The van der Waals surface area contributed by atoms with Crippen LogP contribution in [0.3, 0.4) is 0 Å². The molecule has 1 fully saturated rings. The number of thiazole rings is 1. The molecule has 5 heteroatoms. The van der Waals surface area contributed by atoms with Crippen LogP contribution in [0.2, 0.25) is 0 Å². The van der Waals surface area contributed by atoms with E-state index in [9.17, 15) is 0 Å². The monoisotopic (exact) mass is 353 g/mol. The van der Waals surface area contributed by atoms with Crippen LogP contribution in [0.5, 0.6) is 5.75 Å². The molecular weight excluding hydrogens is 330 g/mol. The lowest BCUT2D eigenvalue weighted by atomic mass is 9.91. The van der Waals surface area contributed by atoms with Crippen LogP contribution in [-0.4, -0.2) is 30.7 Å². The highest BCUT2D eigenvalue weighted by Gasteiger charge is 2.27. The van der Waals surface area contributed by atoms with Crippen LogP contribution >= 0.6 is 11.3 Å². The average molecular weight is 353 g/mol. The molecule has 25 heavy (non-hydrogen) atoms. The van der Waals surface area contributed by atoms with Crippen LogP contribution in [0.15, 0.2) is 41.8 Å². The van der Waals surface area contributed by atoms with E-state index >= 15 is 0 Å². The smallest absolute Gasteiger partial charge is 0.185 e. The van der Waals surface area contributed by atoms with Crippen molar-refractivity contribution in [2.24, 2.45) is 5.73 Å². The molecule has 0 saturated carbocycles. The Morgan fingerprint density at radius 2 is 1.84 bits per heavy atom. The Balaban J connectivity index is 1.58. The zero-order valence-electron chi connectivity index (χ0n) is 14.7. The number of hydrogen-bond donors (Lipinski definition) is 1. The van der Waals surface area contributed by atoms with E-state index in [1.54, 1.807) is 18.4 Å². The molecule has 3 aromatic rings. The maximum Gasteiger partial charge on any atom is 0.185 e. The maximum atomic E-state index is 6.24. The summed E-state index contributed by atoms with van der Waals surface area (Å²) < 4.78 is 5.30. The second-order valence-corrected chi connectivity index (χ2v) is 7.92. The lowest BCUT2D eigenvalue weighted by molar-refractivity contribution is 0.364. The minimum atomic E-state index is -0.0318. The molecule has 4 nitrogen and oxygen atoms in total. The van der Waals surface area contributed by atoms with E-state index in [4.69, 9.17) is 15.5 Å². The van der Waals surface area contributed by atoms with Gasteiger partial charge in [-0.05, 0) is 48.7 Å². The number of anilines is 1. The van der Waals surface area contributed by atoms with Gasteiger partial charge in [0.25, 0.3) is 0 Å².